The first-order valence-electron chi connectivity index (χ1n) is 8.85. The van der Waals surface area contributed by atoms with Crippen molar-refractivity contribution in [3.63, 3.8) is 0 Å². The predicted octanol–water partition coefficient (Wildman–Crippen LogP) is 2.61. The zero-order valence-corrected chi connectivity index (χ0v) is 16.2. The number of para-hydroxylation sites is 1. The maximum Gasteiger partial charge on any atom is 0.360 e. The second kappa shape index (κ2) is 8.55. The van der Waals surface area contributed by atoms with E-state index in [2.05, 4.69) is 9.84 Å². The van der Waals surface area contributed by atoms with E-state index in [-0.39, 0.29) is 35.0 Å². The van der Waals surface area contributed by atoms with Crippen LogP contribution in [0.1, 0.15) is 23.7 Å². The third kappa shape index (κ3) is 4.26. The van der Waals surface area contributed by atoms with Crippen LogP contribution in [0.5, 0.6) is 11.5 Å². The molecule has 2 aromatic rings. The molecule has 3 rings (SSSR count). The Labute approximate surface area is 167 Å². The lowest BCUT2D eigenvalue weighted by atomic mass is 10.1. The molecular weight excluding hydrogens is 376 g/mol. The number of ether oxygens (including phenoxy) is 3. The summed E-state index contributed by atoms with van der Waals surface area (Å²) in [5, 5.41) is 5.84. The third-order valence-electron chi connectivity index (χ3n) is 4.42. The van der Waals surface area contributed by atoms with Gasteiger partial charge < -0.3 is 14.2 Å². The number of hydrazone groups is 1. The molecule has 0 saturated heterocycles. The molecule has 0 aromatic heterocycles. The van der Waals surface area contributed by atoms with Crippen molar-refractivity contribution >= 4 is 29.1 Å². The lowest BCUT2D eigenvalue weighted by Crippen LogP contribution is -2.33. The van der Waals surface area contributed by atoms with Crippen LogP contribution in [0.4, 0.5) is 5.69 Å². The molecule has 0 amide bonds. The van der Waals surface area contributed by atoms with Crippen molar-refractivity contribution in [1.29, 1.82) is 0 Å². The number of anilines is 1. The molecule has 0 fully saturated rings. The molecule has 1 atom stereocenters. The van der Waals surface area contributed by atoms with Crippen LogP contribution in [0.25, 0.3) is 0 Å². The van der Waals surface area contributed by atoms with E-state index in [1.807, 2.05) is 30.3 Å². The Morgan fingerprint density at radius 1 is 1.00 bits per heavy atom. The summed E-state index contributed by atoms with van der Waals surface area (Å²) in [6, 6.07) is 12.9. The fraction of sp³-hybridized carbons (Fsp3) is 0.238. The molecule has 0 spiro atoms. The summed E-state index contributed by atoms with van der Waals surface area (Å²) in [4.78, 5) is 36.4. The van der Waals surface area contributed by atoms with Crippen LogP contribution >= 0.6 is 0 Å². The molecule has 2 aromatic carbocycles. The molecule has 0 bridgehead atoms. The van der Waals surface area contributed by atoms with Crippen LogP contribution in [0, 0.1) is 0 Å². The van der Waals surface area contributed by atoms with Gasteiger partial charge in [0.05, 0.1) is 25.5 Å². The van der Waals surface area contributed by atoms with E-state index in [4.69, 9.17) is 9.47 Å². The molecule has 1 heterocycles. The molecule has 1 aliphatic heterocycles. The Balaban J connectivity index is 1.83. The fourth-order valence-corrected chi connectivity index (χ4v) is 2.92. The summed E-state index contributed by atoms with van der Waals surface area (Å²) in [6.07, 6.45) is 0.131. The van der Waals surface area contributed by atoms with Crippen LogP contribution in [0.2, 0.25) is 0 Å². The van der Waals surface area contributed by atoms with Crippen molar-refractivity contribution in [2.24, 2.45) is 5.10 Å². The van der Waals surface area contributed by atoms with Gasteiger partial charge in [-0.05, 0) is 37.3 Å². The number of carbonyl (C=O) groups excluding carboxylic acids is 3. The van der Waals surface area contributed by atoms with E-state index in [0.717, 1.165) is 0 Å². The topological polar surface area (TPSA) is 94.5 Å². The number of Topliss-reactive ketones (excluding diaryl/α,β-unsaturated/α-hetero) is 1. The number of esters is 2. The zero-order valence-electron chi connectivity index (χ0n) is 16.2. The number of ketones is 1. The Morgan fingerprint density at radius 2 is 1.72 bits per heavy atom. The number of benzene rings is 2. The van der Waals surface area contributed by atoms with Crippen LogP contribution in [0.15, 0.2) is 53.6 Å². The first kappa shape index (κ1) is 20.1. The van der Waals surface area contributed by atoms with Gasteiger partial charge in [0.15, 0.2) is 17.3 Å². The van der Waals surface area contributed by atoms with E-state index < -0.39 is 18.0 Å². The fourth-order valence-electron chi connectivity index (χ4n) is 2.92. The monoisotopic (exact) mass is 396 g/mol. The van der Waals surface area contributed by atoms with Gasteiger partial charge in [0.25, 0.3) is 0 Å². The number of nitrogens with zero attached hydrogens (tertiary/aromatic N) is 2. The van der Waals surface area contributed by atoms with Crippen molar-refractivity contribution in [1.82, 2.24) is 0 Å². The van der Waals surface area contributed by atoms with E-state index >= 15 is 0 Å². The van der Waals surface area contributed by atoms with E-state index in [1.54, 1.807) is 0 Å². The molecule has 150 valence electrons. The van der Waals surface area contributed by atoms with Crippen molar-refractivity contribution in [2.45, 2.75) is 19.4 Å². The van der Waals surface area contributed by atoms with Crippen molar-refractivity contribution in [3.8, 4) is 11.5 Å². The Morgan fingerprint density at radius 3 is 2.34 bits per heavy atom. The average Bonchev–Trinajstić information content (AvgIpc) is 3.20. The van der Waals surface area contributed by atoms with Crippen molar-refractivity contribution in [3.05, 3.63) is 54.1 Å². The number of methoxy groups -OCH3 is 2. The maximum absolute atomic E-state index is 12.7. The summed E-state index contributed by atoms with van der Waals surface area (Å²) < 4.78 is 15.3. The highest BCUT2D eigenvalue weighted by molar-refractivity contribution is 6.38. The minimum atomic E-state index is -0.696. The van der Waals surface area contributed by atoms with Gasteiger partial charge in [-0.25, -0.2) is 9.59 Å². The first-order valence-corrected chi connectivity index (χ1v) is 8.85. The maximum atomic E-state index is 12.7. The number of carbonyl (C=O) groups is 3. The summed E-state index contributed by atoms with van der Waals surface area (Å²) in [7, 11) is 2.66. The van der Waals surface area contributed by atoms with Crippen LogP contribution < -0.4 is 14.5 Å². The van der Waals surface area contributed by atoms with E-state index in [0.29, 0.717) is 5.69 Å². The predicted molar refractivity (Wildman–Crippen MR) is 105 cm³/mol. The summed E-state index contributed by atoms with van der Waals surface area (Å²) in [6.45, 7) is 1.46. The molecule has 29 heavy (non-hydrogen) atoms. The van der Waals surface area contributed by atoms with Crippen molar-refractivity contribution in [2.75, 3.05) is 19.2 Å². The highest BCUT2D eigenvalue weighted by Crippen LogP contribution is 2.30. The van der Waals surface area contributed by atoms with Gasteiger partial charge in [0.2, 0.25) is 0 Å². The number of hydrogen-bond acceptors (Lipinski definition) is 8. The van der Waals surface area contributed by atoms with E-state index in [9.17, 15) is 14.4 Å². The molecule has 0 saturated carbocycles. The van der Waals surface area contributed by atoms with Gasteiger partial charge in [-0.15, -0.1) is 0 Å². The van der Waals surface area contributed by atoms with Crippen LogP contribution in [0.3, 0.4) is 0 Å². The lowest BCUT2D eigenvalue weighted by Gasteiger charge is -2.20. The molecule has 0 aliphatic carbocycles. The van der Waals surface area contributed by atoms with Crippen LogP contribution in [-0.4, -0.2) is 43.7 Å². The second-order valence-corrected chi connectivity index (χ2v) is 6.30. The van der Waals surface area contributed by atoms with Gasteiger partial charge in [0.1, 0.15) is 11.8 Å². The quantitative estimate of drug-likeness (QED) is 0.547. The van der Waals surface area contributed by atoms with Gasteiger partial charge in [0, 0.05) is 6.42 Å². The smallest absolute Gasteiger partial charge is 0.360 e. The number of rotatable bonds is 6. The largest absolute Gasteiger partial charge is 0.493 e. The highest BCUT2D eigenvalue weighted by atomic mass is 16.6. The standard InChI is InChI=1S/C21H20N2O6/c1-13(24)17-12-16(22-23(17)15-7-5-4-6-8-15)21(26)29-18-10-9-14(20(25)28-3)11-19(18)27-2/h4-11,17H,12H2,1-3H3. The van der Waals surface area contributed by atoms with Gasteiger partial charge in [-0.1, -0.05) is 18.2 Å². The van der Waals surface area contributed by atoms with Crippen molar-refractivity contribution < 1.29 is 28.6 Å². The minimum absolute atomic E-state index is 0.111. The van der Waals surface area contributed by atoms with Crippen LogP contribution in [-0.2, 0) is 14.3 Å². The summed E-state index contributed by atoms with van der Waals surface area (Å²) in [5.41, 5.74) is 1.08. The Kier molecular flexibility index (Phi) is 5.92. The molecule has 8 heteroatoms. The molecule has 0 N–H and O–H groups in total. The molecular formula is C21H20N2O6. The first-order chi connectivity index (χ1) is 13.9. The Bertz CT molecular complexity index is 970. The molecule has 8 nitrogen and oxygen atoms in total. The summed E-state index contributed by atoms with van der Waals surface area (Å²) >= 11 is 0. The summed E-state index contributed by atoms with van der Waals surface area (Å²) in [5.74, 6) is -1.02. The Hall–Kier alpha value is -3.68. The third-order valence-corrected chi connectivity index (χ3v) is 4.42. The van der Waals surface area contributed by atoms with Gasteiger partial charge in [-0.3, -0.25) is 9.80 Å². The van der Waals surface area contributed by atoms with Gasteiger partial charge >= 0.3 is 11.9 Å². The molecule has 1 unspecified atom stereocenters. The zero-order chi connectivity index (χ0) is 21.0. The highest BCUT2D eigenvalue weighted by Gasteiger charge is 2.35. The second-order valence-electron chi connectivity index (χ2n) is 6.30. The molecule has 1 aliphatic rings. The van der Waals surface area contributed by atoms with Gasteiger partial charge in [-0.2, -0.15) is 5.10 Å². The van der Waals surface area contributed by atoms with E-state index in [1.165, 1.54) is 44.4 Å². The minimum Gasteiger partial charge on any atom is -0.493 e. The SMILES string of the molecule is COC(=O)c1ccc(OC(=O)C2=NN(c3ccccc3)C(C(C)=O)C2)c(OC)c1. The number of hydrogen-bond donors (Lipinski definition) is 0. The average molecular weight is 396 g/mol. The lowest BCUT2D eigenvalue weighted by molar-refractivity contribution is -0.127. The molecule has 0 radical (unpaired) electrons. The normalized spacial score (nSPS) is 15.5.